The van der Waals surface area contributed by atoms with Gasteiger partial charge in [-0.3, -0.25) is 9.59 Å². The maximum atomic E-state index is 13.3. The Balaban J connectivity index is 1.60. The number of aromatic nitrogens is 1. The number of nitrogens with one attached hydrogen (secondary N) is 3. The summed E-state index contributed by atoms with van der Waals surface area (Å²) in [5, 5.41) is 9.40. The summed E-state index contributed by atoms with van der Waals surface area (Å²) in [6.45, 7) is 4.11. The minimum atomic E-state index is -4.46. The fraction of sp³-hybridized carbons (Fsp3) is 0.520. The SMILES string of the molecule is Cc1c(CNC(=O)c2cn(C3CCOCC3)c(=O)cc2NC2CCNCC2)cccc1C(F)(F)F. The minimum Gasteiger partial charge on any atom is -0.381 e. The van der Waals surface area contributed by atoms with E-state index in [2.05, 4.69) is 16.0 Å². The number of rotatable bonds is 6. The second-order valence-electron chi connectivity index (χ2n) is 9.13. The molecule has 2 aliphatic heterocycles. The second kappa shape index (κ2) is 10.8. The van der Waals surface area contributed by atoms with Crippen molar-refractivity contribution in [2.75, 3.05) is 31.6 Å². The summed E-state index contributed by atoms with van der Waals surface area (Å²) in [5.74, 6) is -0.445. The average Bonchev–Trinajstić information content (AvgIpc) is 2.84. The van der Waals surface area contributed by atoms with E-state index in [1.165, 1.54) is 19.1 Å². The lowest BCUT2D eigenvalue weighted by Crippen LogP contribution is -2.37. The van der Waals surface area contributed by atoms with E-state index < -0.39 is 17.6 Å². The number of hydrogen-bond donors (Lipinski definition) is 3. The molecule has 2 fully saturated rings. The number of pyridine rings is 1. The van der Waals surface area contributed by atoms with E-state index in [9.17, 15) is 22.8 Å². The van der Waals surface area contributed by atoms with Gasteiger partial charge in [0.05, 0.1) is 16.8 Å². The predicted octanol–water partition coefficient (Wildman–Crippen LogP) is 3.62. The van der Waals surface area contributed by atoms with Gasteiger partial charge in [0.2, 0.25) is 0 Å². The number of alkyl halides is 3. The molecule has 4 rings (SSSR count). The van der Waals surface area contributed by atoms with Crippen LogP contribution in [0.15, 0.2) is 35.3 Å². The fourth-order valence-electron chi connectivity index (χ4n) is 4.74. The number of hydrogen-bond acceptors (Lipinski definition) is 5. The van der Waals surface area contributed by atoms with Crippen molar-refractivity contribution in [3.8, 4) is 0 Å². The van der Waals surface area contributed by atoms with Crippen LogP contribution in [0.25, 0.3) is 0 Å². The highest BCUT2D eigenvalue weighted by Crippen LogP contribution is 2.33. The summed E-state index contributed by atoms with van der Waals surface area (Å²) >= 11 is 0. The topological polar surface area (TPSA) is 84.4 Å². The molecule has 3 heterocycles. The van der Waals surface area contributed by atoms with Gasteiger partial charge < -0.3 is 25.3 Å². The number of ether oxygens (including phenoxy) is 1. The van der Waals surface area contributed by atoms with Crippen LogP contribution in [0.5, 0.6) is 0 Å². The van der Waals surface area contributed by atoms with E-state index in [1.807, 2.05) is 0 Å². The van der Waals surface area contributed by atoms with Crippen molar-refractivity contribution in [1.82, 2.24) is 15.2 Å². The molecule has 0 bridgehead atoms. The summed E-state index contributed by atoms with van der Waals surface area (Å²) < 4.78 is 46.8. The van der Waals surface area contributed by atoms with Gasteiger partial charge in [-0.15, -0.1) is 0 Å². The third kappa shape index (κ3) is 6.05. The van der Waals surface area contributed by atoms with Crippen molar-refractivity contribution in [1.29, 1.82) is 0 Å². The lowest BCUT2D eigenvalue weighted by molar-refractivity contribution is -0.138. The number of carbonyl (C=O) groups is 1. The van der Waals surface area contributed by atoms with Crippen molar-refractivity contribution in [3.63, 3.8) is 0 Å². The van der Waals surface area contributed by atoms with Gasteiger partial charge in [-0.25, -0.2) is 0 Å². The highest BCUT2D eigenvalue weighted by molar-refractivity contribution is 5.99. The summed E-state index contributed by atoms with van der Waals surface area (Å²) in [7, 11) is 0. The predicted molar refractivity (Wildman–Crippen MR) is 127 cm³/mol. The van der Waals surface area contributed by atoms with Gasteiger partial charge in [-0.1, -0.05) is 12.1 Å². The number of piperidine rings is 1. The van der Waals surface area contributed by atoms with Gasteiger partial charge in [-0.2, -0.15) is 13.2 Å². The Morgan fingerprint density at radius 1 is 1.17 bits per heavy atom. The average molecular weight is 493 g/mol. The molecule has 0 aliphatic carbocycles. The van der Waals surface area contributed by atoms with Gasteiger partial charge in [0.25, 0.3) is 11.5 Å². The van der Waals surface area contributed by atoms with Gasteiger partial charge >= 0.3 is 6.18 Å². The molecule has 35 heavy (non-hydrogen) atoms. The molecule has 0 unspecified atom stereocenters. The molecule has 0 saturated carbocycles. The van der Waals surface area contributed by atoms with Crippen LogP contribution in [0.3, 0.4) is 0 Å². The Labute approximate surface area is 202 Å². The molecule has 7 nitrogen and oxygen atoms in total. The third-order valence-corrected chi connectivity index (χ3v) is 6.80. The van der Waals surface area contributed by atoms with E-state index in [0.717, 1.165) is 32.0 Å². The maximum absolute atomic E-state index is 13.3. The second-order valence-corrected chi connectivity index (χ2v) is 9.13. The number of halogens is 3. The Bertz CT molecular complexity index is 1100. The number of carbonyl (C=O) groups excluding carboxylic acids is 1. The molecule has 10 heteroatoms. The molecule has 1 amide bonds. The summed E-state index contributed by atoms with van der Waals surface area (Å²) in [4.78, 5) is 26.2. The van der Waals surface area contributed by atoms with Gasteiger partial charge in [0.1, 0.15) is 0 Å². The van der Waals surface area contributed by atoms with Crippen LogP contribution in [-0.4, -0.2) is 42.8 Å². The zero-order chi connectivity index (χ0) is 25.0. The van der Waals surface area contributed by atoms with Gasteiger partial charge in [0, 0.05) is 44.1 Å². The third-order valence-electron chi connectivity index (χ3n) is 6.80. The van der Waals surface area contributed by atoms with Crippen molar-refractivity contribution in [2.24, 2.45) is 0 Å². The fourth-order valence-corrected chi connectivity index (χ4v) is 4.74. The lowest BCUT2D eigenvalue weighted by Gasteiger charge is -2.28. The summed E-state index contributed by atoms with van der Waals surface area (Å²) in [6.07, 6.45) is 0.170. The largest absolute Gasteiger partial charge is 0.416 e. The van der Waals surface area contributed by atoms with Crippen LogP contribution in [0.2, 0.25) is 0 Å². The monoisotopic (exact) mass is 492 g/mol. The van der Waals surface area contributed by atoms with Crippen molar-refractivity contribution < 1.29 is 22.7 Å². The molecule has 2 saturated heterocycles. The molecule has 2 aromatic rings. The molecular formula is C25H31F3N4O3. The molecule has 0 radical (unpaired) electrons. The van der Waals surface area contributed by atoms with E-state index in [0.29, 0.717) is 42.9 Å². The zero-order valence-corrected chi connectivity index (χ0v) is 19.7. The smallest absolute Gasteiger partial charge is 0.381 e. The summed E-state index contributed by atoms with van der Waals surface area (Å²) in [5.41, 5.74) is 0.311. The molecular weight excluding hydrogens is 461 g/mol. The quantitative estimate of drug-likeness (QED) is 0.574. The Hall–Kier alpha value is -2.85. The van der Waals surface area contributed by atoms with Crippen LogP contribution < -0.4 is 21.5 Å². The number of nitrogens with zero attached hydrogens (tertiary/aromatic N) is 1. The lowest BCUT2D eigenvalue weighted by atomic mass is 10.0. The molecule has 1 aromatic carbocycles. The number of benzene rings is 1. The van der Waals surface area contributed by atoms with E-state index in [1.54, 1.807) is 16.8 Å². The summed E-state index contributed by atoms with van der Waals surface area (Å²) in [6, 6.07) is 5.45. The van der Waals surface area contributed by atoms with Crippen molar-refractivity contribution in [2.45, 2.75) is 57.4 Å². The molecule has 190 valence electrons. The van der Waals surface area contributed by atoms with Crippen LogP contribution in [-0.2, 0) is 17.5 Å². The Kier molecular flexibility index (Phi) is 7.81. The maximum Gasteiger partial charge on any atom is 0.416 e. The first-order valence-corrected chi connectivity index (χ1v) is 12.0. The highest BCUT2D eigenvalue weighted by Gasteiger charge is 2.33. The Morgan fingerprint density at radius 3 is 2.57 bits per heavy atom. The van der Waals surface area contributed by atoms with Crippen LogP contribution in [0, 0.1) is 6.92 Å². The molecule has 3 N–H and O–H groups in total. The first-order valence-electron chi connectivity index (χ1n) is 12.0. The van der Waals surface area contributed by atoms with Crippen molar-refractivity contribution in [3.05, 3.63) is 63.1 Å². The van der Waals surface area contributed by atoms with E-state index >= 15 is 0 Å². The molecule has 0 atom stereocenters. The van der Waals surface area contributed by atoms with Crippen LogP contribution in [0.4, 0.5) is 18.9 Å². The number of anilines is 1. The van der Waals surface area contributed by atoms with Crippen LogP contribution in [0.1, 0.15) is 58.8 Å². The number of amides is 1. The van der Waals surface area contributed by atoms with Gasteiger partial charge in [-0.05, 0) is 62.9 Å². The molecule has 1 aromatic heterocycles. The van der Waals surface area contributed by atoms with E-state index in [-0.39, 0.29) is 29.8 Å². The van der Waals surface area contributed by atoms with Gasteiger partial charge in [0.15, 0.2) is 0 Å². The first-order chi connectivity index (χ1) is 16.7. The molecule has 0 spiro atoms. The Morgan fingerprint density at radius 2 is 1.89 bits per heavy atom. The van der Waals surface area contributed by atoms with Crippen LogP contribution >= 0.6 is 0 Å². The zero-order valence-electron chi connectivity index (χ0n) is 19.7. The van der Waals surface area contributed by atoms with E-state index in [4.69, 9.17) is 4.74 Å². The highest BCUT2D eigenvalue weighted by atomic mass is 19.4. The van der Waals surface area contributed by atoms with Crippen molar-refractivity contribution >= 4 is 11.6 Å². The standard InChI is InChI=1S/C25H31F3N4O3/c1-16-17(3-2-4-21(16)25(26,27)28)14-30-24(34)20-15-32(19-7-11-35-12-8-19)23(33)13-22(20)31-18-5-9-29-10-6-18/h2-4,13,15,18-19,29,31H,5-12,14H2,1H3,(H,30,34). The molecule has 2 aliphatic rings. The normalized spacial score (nSPS) is 17.8. The first kappa shape index (κ1) is 25.2. The minimum absolute atomic E-state index is 0.0578.